The molecule has 1 aromatic rings. The molecule has 1 rings (SSSR count). The maximum Gasteiger partial charge on any atom is 0.245 e. The summed E-state index contributed by atoms with van der Waals surface area (Å²) in [5.74, 6) is 0.126. The van der Waals surface area contributed by atoms with E-state index in [1.807, 2.05) is 0 Å². The maximum atomic E-state index is 13.8. The van der Waals surface area contributed by atoms with Crippen LogP contribution in [0, 0.1) is 17.7 Å². The van der Waals surface area contributed by atoms with Crippen molar-refractivity contribution in [3.8, 4) is 0 Å². The Morgan fingerprint density at radius 1 is 1.00 bits per heavy atom. The van der Waals surface area contributed by atoms with Crippen molar-refractivity contribution in [3.63, 3.8) is 0 Å². The standard InChI is InChI=1S/C16H26FNO2S/c1-13(2)9-11-18(12-10-14(3)4)21(19,20)16-8-6-5-7-15(16)17/h5-8,13-14H,9-12H2,1-4H3. The number of benzene rings is 1. The average molecular weight is 315 g/mol. The molecule has 5 heteroatoms. The van der Waals surface area contributed by atoms with Crippen LogP contribution in [0.25, 0.3) is 0 Å². The molecular formula is C16H26FNO2S. The Balaban J connectivity index is 3.01. The minimum Gasteiger partial charge on any atom is -0.207 e. The Morgan fingerprint density at radius 2 is 1.48 bits per heavy atom. The van der Waals surface area contributed by atoms with Crippen LogP contribution in [0.5, 0.6) is 0 Å². The fourth-order valence-electron chi connectivity index (χ4n) is 1.95. The Morgan fingerprint density at radius 3 is 1.90 bits per heavy atom. The van der Waals surface area contributed by atoms with Crippen molar-refractivity contribution in [2.75, 3.05) is 13.1 Å². The molecule has 0 N–H and O–H groups in total. The normalized spacial score (nSPS) is 12.6. The molecule has 0 saturated carbocycles. The van der Waals surface area contributed by atoms with Gasteiger partial charge in [-0.1, -0.05) is 39.8 Å². The zero-order chi connectivity index (χ0) is 16.0. The summed E-state index contributed by atoms with van der Waals surface area (Å²) in [5.41, 5.74) is 0. The monoisotopic (exact) mass is 315 g/mol. The molecule has 0 radical (unpaired) electrons. The topological polar surface area (TPSA) is 37.4 Å². The summed E-state index contributed by atoms with van der Waals surface area (Å²) in [5, 5.41) is 0. The van der Waals surface area contributed by atoms with Gasteiger partial charge in [-0.3, -0.25) is 0 Å². The highest BCUT2D eigenvalue weighted by atomic mass is 32.2. The van der Waals surface area contributed by atoms with E-state index < -0.39 is 15.8 Å². The molecule has 0 unspecified atom stereocenters. The third-order valence-corrected chi connectivity index (χ3v) is 5.30. The van der Waals surface area contributed by atoms with Crippen LogP contribution >= 0.6 is 0 Å². The lowest BCUT2D eigenvalue weighted by Crippen LogP contribution is -2.34. The zero-order valence-corrected chi connectivity index (χ0v) is 14.2. The van der Waals surface area contributed by atoms with Crippen LogP contribution in [0.15, 0.2) is 29.2 Å². The summed E-state index contributed by atoms with van der Waals surface area (Å²) < 4.78 is 40.6. The average Bonchev–Trinajstić information content (AvgIpc) is 2.37. The van der Waals surface area contributed by atoms with E-state index in [0.717, 1.165) is 12.8 Å². The van der Waals surface area contributed by atoms with Gasteiger partial charge in [0.1, 0.15) is 10.7 Å². The summed E-state index contributed by atoms with van der Waals surface area (Å²) in [6, 6.07) is 5.58. The molecule has 0 atom stereocenters. The van der Waals surface area contributed by atoms with Crippen molar-refractivity contribution in [1.82, 2.24) is 4.31 Å². The highest BCUT2D eigenvalue weighted by Crippen LogP contribution is 2.21. The van der Waals surface area contributed by atoms with Crippen LogP contribution in [-0.4, -0.2) is 25.8 Å². The van der Waals surface area contributed by atoms with Gasteiger partial charge < -0.3 is 0 Å². The molecule has 21 heavy (non-hydrogen) atoms. The molecule has 0 amide bonds. The van der Waals surface area contributed by atoms with Crippen LogP contribution in [0.1, 0.15) is 40.5 Å². The van der Waals surface area contributed by atoms with Gasteiger partial charge in [0.25, 0.3) is 0 Å². The minimum atomic E-state index is -3.76. The van der Waals surface area contributed by atoms with E-state index >= 15 is 0 Å². The molecule has 0 spiro atoms. The largest absolute Gasteiger partial charge is 0.245 e. The second-order valence-electron chi connectivity index (χ2n) is 6.20. The summed E-state index contributed by atoms with van der Waals surface area (Å²) in [4.78, 5) is -0.225. The molecule has 0 aliphatic rings. The lowest BCUT2D eigenvalue weighted by Gasteiger charge is -2.24. The molecule has 0 bridgehead atoms. The first-order valence-electron chi connectivity index (χ1n) is 7.49. The van der Waals surface area contributed by atoms with Crippen LogP contribution in [0.4, 0.5) is 4.39 Å². The minimum absolute atomic E-state index is 0.225. The predicted octanol–water partition coefficient (Wildman–Crippen LogP) is 3.91. The molecule has 0 aliphatic carbocycles. The summed E-state index contributed by atoms with van der Waals surface area (Å²) >= 11 is 0. The number of hydrogen-bond donors (Lipinski definition) is 0. The second kappa shape index (κ2) is 7.90. The molecule has 0 fully saturated rings. The van der Waals surface area contributed by atoms with E-state index in [2.05, 4.69) is 27.7 Å². The summed E-state index contributed by atoms with van der Waals surface area (Å²) in [6.07, 6.45) is 1.54. The molecule has 0 aliphatic heterocycles. The lowest BCUT2D eigenvalue weighted by atomic mass is 10.1. The fraction of sp³-hybridized carbons (Fsp3) is 0.625. The number of halogens is 1. The fourth-order valence-corrected chi connectivity index (χ4v) is 3.48. The number of hydrogen-bond acceptors (Lipinski definition) is 2. The van der Waals surface area contributed by atoms with Gasteiger partial charge in [-0.25, -0.2) is 12.8 Å². The Labute approximate surface area is 128 Å². The first kappa shape index (κ1) is 18.1. The third-order valence-electron chi connectivity index (χ3n) is 3.37. The Hall–Kier alpha value is -0.940. The number of rotatable bonds is 8. The first-order valence-corrected chi connectivity index (χ1v) is 8.93. The molecule has 0 aromatic heterocycles. The molecule has 120 valence electrons. The molecular weight excluding hydrogens is 289 g/mol. The Kier molecular flexibility index (Phi) is 6.81. The zero-order valence-electron chi connectivity index (χ0n) is 13.3. The molecule has 0 heterocycles. The lowest BCUT2D eigenvalue weighted by molar-refractivity contribution is 0.355. The van der Waals surface area contributed by atoms with E-state index in [1.54, 1.807) is 6.07 Å². The highest BCUT2D eigenvalue weighted by Gasteiger charge is 2.27. The van der Waals surface area contributed by atoms with E-state index in [1.165, 1.54) is 22.5 Å². The molecule has 3 nitrogen and oxygen atoms in total. The summed E-state index contributed by atoms with van der Waals surface area (Å²) in [6.45, 7) is 9.07. The van der Waals surface area contributed by atoms with Gasteiger partial charge in [0.2, 0.25) is 10.0 Å². The Bertz CT molecular complexity index is 529. The van der Waals surface area contributed by atoms with Gasteiger partial charge in [-0.2, -0.15) is 4.31 Å². The predicted molar refractivity (Wildman–Crippen MR) is 84.1 cm³/mol. The van der Waals surface area contributed by atoms with Gasteiger partial charge in [0.15, 0.2) is 0 Å². The molecule has 1 aromatic carbocycles. The third kappa shape index (κ3) is 5.40. The van der Waals surface area contributed by atoms with E-state index in [-0.39, 0.29) is 4.90 Å². The smallest absolute Gasteiger partial charge is 0.207 e. The van der Waals surface area contributed by atoms with Crippen molar-refractivity contribution < 1.29 is 12.8 Å². The van der Waals surface area contributed by atoms with Gasteiger partial charge in [-0.05, 0) is 36.8 Å². The van der Waals surface area contributed by atoms with Gasteiger partial charge in [-0.15, -0.1) is 0 Å². The van der Waals surface area contributed by atoms with Crippen molar-refractivity contribution in [2.45, 2.75) is 45.4 Å². The van der Waals surface area contributed by atoms with Gasteiger partial charge >= 0.3 is 0 Å². The van der Waals surface area contributed by atoms with E-state index in [9.17, 15) is 12.8 Å². The van der Waals surface area contributed by atoms with Gasteiger partial charge in [0.05, 0.1) is 0 Å². The highest BCUT2D eigenvalue weighted by molar-refractivity contribution is 7.89. The van der Waals surface area contributed by atoms with Crippen molar-refractivity contribution in [1.29, 1.82) is 0 Å². The van der Waals surface area contributed by atoms with Gasteiger partial charge in [0, 0.05) is 13.1 Å². The number of sulfonamides is 1. The first-order chi connectivity index (χ1) is 9.75. The van der Waals surface area contributed by atoms with Crippen molar-refractivity contribution >= 4 is 10.0 Å². The second-order valence-corrected chi connectivity index (χ2v) is 8.11. The van der Waals surface area contributed by atoms with Crippen LogP contribution < -0.4 is 0 Å². The van der Waals surface area contributed by atoms with E-state index in [4.69, 9.17) is 0 Å². The van der Waals surface area contributed by atoms with E-state index in [0.29, 0.717) is 24.9 Å². The maximum absolute atomic E-state index is 13.8. The van der Waals surface area contributed by atoms with Crippen LogP contribution in [-0.2, 0) is 10.0 Å². The number of nitrogens with zero attached hydrogens (tertiary/aromatic N) is 1. The van der Waals surface area contributed by atoms with Crippen LogP contribution in [0.3, 0.4) is 0 Å². The van der Waals surface area contributed by atoms with Crippen molar-refractivity contribution in [2.24, 2.45) is 11.8 Å². The SMILES string of the molecule is CC(C)CCN(CCC(C)C)S(=O)(=O)c1ccccc1F. The van der Waals surface area contributed by atoms with Crippen LogP contribution in [0.2, 0.25) is 0 Å². The molecule has 0 saturated heterocycles. The summed E-state index contributed by atoms with van der Waals surface area (Å²) in [7, 11) is -3.76. The van der Waals surface area contributed by atoms with Crippen molar-refractivity contribution in [3.05, 3.63) is 30.1 Å². The quantitative estimate of drug-likeness (QED) is 0.729.